The number of nitrogens with zero attached hydrogens (tertiary/aromatic N) is 2. The van der Waals surface area contributed by atoms with Gasteiger partial charge in [-0.05, 0) is 12.1 Å². The van der Waals surface area contributed by atoms with E-state index in [1.807, 2.05) is 0 Å². The van der Waals surface area contributed by atoms with Gasteiger partial charge in [0, 0.05) is 57.1 Å². The van der Waals surface area contributed by atoms with Crippen molar-refractivity contribution in [2.24, 2.45) is 0 Å². The molecule has 0 spiro atoms. The van der Waals surface area contributed by atoms with Crippen molar-refractivity contribution in [1.29, 1.82) is 0 Å². The van der Waals surface area contributed by atoms with E-state index in [-0.39, 0.29) is 11.7 Å². The molecular formula is C15H23N5O4. The lowest BCUT2D eigenvalue weighted by molar-refractivity contribution is -0.384. The van der Waals surface area contributed by atoms with E-state index in [4.69, 9.17) is 4.74 Å². The Morgan fingerprint density at radius 2 is 1.79 bits per heavy atom. The minimum Gasteiger partial charge on any atom is -0.383 e. The molecule has 2 amide bonds. The summed E-state index contributed by atoms with van der Waals surface area (Å²) in [5, 5.41) is 19.2. The summed E-state index contributed by atoms with van der Waals surface area (Å²) in [4.78, 5) is 24.0. The Morgan fingerprint density at radius 1 is 1.12 bits per heavy atom. The summed E-state index contributed by atoms with van der Waals surface area (Å²) in [6.07, 6.45) is 0. The molecule has 0 aromatic heterocycles. The molecule has 1 aliphatic rings. The zero-order valence-electron chi connectivity index (χ0n) is 13.5. The van der Waals surface area contributed by atoms with E-state index < -0.39 is 4.92 Å². The van der Waals surface area contributed by atoms with E-state index in [2.05, 4.69) is 20.9 Å². The summed E-state index contributed by atoms with van der Waals surface area (Å²) in [7, 11) is 0. The molecule has 9 heteroatoms. The second-order valence-electron chi connectivity index (χ2n) is 5.37. The average Bonchev–Trinajstić information content (AvgIpc) is 2.60. The Bertz CT molecular complexity index is 531. The molecule has 3 N–H and O–H groups in total. The molecule has 24 heavy (non-hydrogen) atoms. The highest BCUT2D eigenvalue weighted by Crippen LogP contribution is 2.14. The van der Waals surface area contributed by atoms with Crippen molar-refractivity contribution < 1.29 is 14.5 Å². The van der Waals surface area contributed by atoms with Gasteiger partial charge in [0.2, 0.25) is 0 Å². The SMILES string of the molecule is O=C(NCCNc1ccc([N+](=O)[O-])cc1)NCCN1CCOCC1. The first kappa shape index (κ1) is 18.0. The topological polar surface area (TPSA) is 109 Å². The van der Waals surface area contributed by atoms with Gasteiger partial charge < -0.3 is 20.7 Å². The molecule has 1 saturated heterocycles. The molecule has 1 aromatic rings. The van der Waals surface area contributed by atoms with E-state index in [1.54, 1.807) is 12.1 Å². The number of nitrogens with one attached hydrogen (secondary N) is 3. The first-order valence-corrected chi connectivity index (χ1v) is 7.95. The summed E-state index contributed by atoms with van der Waals surface area (Å²) in [5.74, 6) is 0. The normalized spacial score (nSPS) is 14.8. The standard InChI is InChI=1S/C15H23N5O4/c21-15(18-7-8-19-9-11-24-12-10-19)17-6-5-16-13-1-3-14(4-2-13)20(22)23/h1-4,16H,5-12H2,(H2,17,18,21). The largest absolute Gasteiger partial charge is 0.383 e. The number of urea groups is 1. The summed E-state index contributed by atoms with van der Waals surface area (Å²) >= 11 is 0. The van der Waals surface area contributed by atoms with Gasteiger partial charge in [-0.25, -0.2) is 4.79 Å². The number of hydrogen-bond acceptors (Lipinski definition) is 6. The van der Waals surface area contributed by atoms with Crippen LogP contribution in [0.3, 0.4) is 0 Å². The van der Waals surface area contributed by atoms with Gasteiger partial charge in [0.1, 0.15) is 0 Å². The predicted octanol–water partition coefficient (Wildman–Crippen LogP) is 0.638. The average molecular weight is 337 g/mol. The van der Waals surface area contributed by atoms with Crippen LogP contribution in [0.25, 0.3) is 0 Å². The fourth-order valence-electron chi connectivity index (χ4n) is 2.30. The maximum absolute atomic E-state index is 11.6. The van der Waals surface area contributed by atoms with Crippen molar-refractivity contribution in [2.45, 2.75) is 0 Å². The van der Waals surface area contributed by atoms with Gasteiger partial charge in [0.15, 0.2) is 0 Å². The highest BCUT2D eigenvalue weighted by molar-refractivity contribution is 5.73. The molecule has 0 atom stereocenters. The number of nitro groups is 1. The minimum atomic E-state index is -0.438. The number of carbonyl (C=O) groups excluding carboxylic acids is 1. The summed E-state index contributed by atoms with van der Waals surface area (Å²) in [6.45, 7) is 5.72. The molecule has 2 rings (SSSR count). The molecule has 132 valence electrons. The van der Waals surface area contributed by atoms with Gasteiger partial charge >= 0.3 is 6.03 Å². The van der Waals surface area contributed by atoms with Crippen molar-refractivity contribution in [2.75, 3.05) is 57.8 Å². The fourth-order valence-corrected chi connectivity index (χ4v) is 2.30. The second kappa shape index (κ2) is 9.68. The van der Waals surface area contributed by atoms with Gasteiger partial charge in [-0.2, -0.15) is 0 Å². The zero-order chi connectivity index (χ0) is 17.2. The van der Waals surface area contributed by atoms with Crippen LogP contribution in [0.1, 0.15) is 0 Å². The van der Waals surface area contributed by atoms with Gasteiger partial charge in [0.25, 0.3) is 5.69 Å². The van der Waals surface area contributed by atoms with Crippen LogP contribution in [-0.2, 0) is 4.74 Å². The quantitative estimate of drug-likeness (QED) is 0.365. The lowest BCUT2D eigenvalue weighted by atomic mass is 10.3. The number of benzene rings is 1. The number of nitro benzene ring substituents is 1. The molecule has 1 fully saturated rings. The minimum absolute atomic E-state index is 0.0540. The smallest absolute Gasteiger partial charge is 0.314 e. The number of anilines is 1. The first-order chi connectivity index (χ1) is 11.6. The van der Waals surface area contributed by atoms with Crippen LogP contribution >= 0.6 is 0 Å². The van der Waals surface area contributed by atoms with Gasteiger partial charge in [-0.15, -0.1) is 0 Å². The van der Waals surface area contributed by atoms with Crippen molar-refractivity contribution in [3.8, 4) is 0 Å². The summed E-state index contributed by atoms with van der Waals surface area (Å²) in [6, 6.07) is 5.96. The van der Waals surface area contributed by atoms with Gasteiger partial charge in [-0.3, -0.25) is 15.0 Å². The third kappa shape index (κ3) is 6.39. The van der Waals surface area contributed by atoms with Crippen molar-refractivity contribution in [3.05, 3.63) is 34.4 Å². The van der Waals surface area contributed by atoms with E-state index >= 15 is 0 Å². The van der Waals surface area contributed by atoms with Crippen molar-refractivity contribution in [3.63, 3.8) is 0 Å². The Hall–Kier alpha value is -2.39. The van der Waals surface area contributed by atoms with E-state index in [0.717, 1.165) is 38.5 Å². The summed E-state index contributed by atoms with van der Waals surface area (Å²) in [5.41, 5.74) is 0.827. The van der Waals surface area contributed by atoms with E-state index in [1.165, 1.54) is 12.1 Å². The molecule has 0 radical (unpaired) electrons. The lowest BCUT2D eigenvalue weighted by Crippen LogP contribution is -2.44. The number of ether oxygens (including phenoxy) is 1. The Labute approximate surface area is 140 Å². The van der Waals surface area contributed by atoms with Gasteiger partial charge in [-0.1, -0.05) is 0 Å². The molecule has 0 aliphatic carbocycles. The number of morpholine rings is 1. The molecule has 1 aliphatic heterocycles. The van der Waals surface area contributed by atoms with Crippen LogP contribution < -0.4 is 16.0 Å². The zero-order valence-corrected chi connectivity index (χ0v) is 13.5. The molecule has 0 unspecified atom stereocenters. The number of non-ortho nitro benzene ring substituents is 1. The Morgan fingerprint density at radius 3 is 2.46 bits per heavy atom. The van der Waals surface area contributed by atoms with E-state index in [9.17, 15) is 14.9 Å². The molecule has 1 aromatic carbocycles. The monoisotopic (exact) mass is 337 g/mol. The first-order valence-electron chi connectivity index (χ1n) is 7.95. The molecular weight excluding hydrogens is 314 g/mol. The lowest BCUT2D eigenvalue weighted by Gasteiger charge is -2.26. The maximum Gasteiger partial charge on any atom is 0.314 e. The number of amides is 2. The molecule has 9 nitrogen and oxygen atoms in total. The van der Waals surface area contributed by atoms with Crippen molar-refractivity contribution >= 4 is 17.4 Å². The molecule has 0 saturated carbocycles. The molecule has 1 heterocycles. The predicted molar refractivity (Wildman–Crippen MR) is 90.2 cm³/mol. The van der Waals surface area contributed by atoms with Crippen LogP contribution in [0.5, 0.6) is 0 Å². The van der Waals surface area contributed by atoms with Gasteiger partial charge in [0.05, 0.1) is 18.1 Å². The molecule has 0 bridgehead atoms. The van der Waals surface area contributed by atoms with Crippen LogP contribution in [0.2, 0.25) is 0 Å². The number of hydrogen-bond donors (Lipinski definition) is 3. The number of rotatable bonds is 8. The van der Waals surface area contributed by atoms with Crippen LogP contribution in [-0.4, -0.2) is 68.3 Å². The fraction of sp³-hybridized carbons (Fsp3) is 0.533. The Balaban J connectivity index is 1.53. The maximum atomic E-state index is 11.6. The third-order valence-corrected chi connectivity index (χ3v) is 3.64. The highest BCUT2D eigenvalue weighted by Gasteiger charge is 2.09. The van der Waals surface area contributed by atoms with E-state index in [0.29, 0.717) is 19.6 Å². The van der Waals surface area contributed by atoms with Crippen LogP contribution in [0.15, 0.2) is 24.3 Å². The summed E-state index contributed by atoms with van der Waals surface area (Å²) < 4.78 is 5.27. The van der Waals surface area contributed by atoms with Crippen LogP contribution in [0.4, 0.5) is 16.2 Å². The second-order valence-corrected chi connectivity index (χ2v) is 5.37. The third-order valence-electron chi connectivity index (χ3n) is 3.64. The highest BCUT2D eigenvalue weighted by atomic mass is 16.6. The van der Waals surface area contributed by atoms with Crippen LogP contribution in [0, 0.1) is 10.1 Å². The van der Waals surface area contributed by atoms with Crippen molar-refractivity contribution in [1.82, 2.24) is 15.5 Å². The Kier molecular flexibility index (Phi) is 7.24. The number of carbonyl (C=O) groups is 1.